The van der Waals surface area contributed by atoms with Gasteiger partial charge >= 0.3 is 0 Å². The lowest BCUT2D eigenvalue weighted by Gasteiger charge is -2.07. The van der Waals surface area contributed by atoms with E-state index in [1.165, 1.54) is 6.07 Å². The summed E-state index contributed by atoms with van der Waals surface area (Å²) in [7, 11) is 0. The molecule has 0 aliphatic carbocycles. The van der Waals surface area contributed by atoms with E-state index >= 15 is 0 Å². The third-order valence-electron chi connectivity index (χ3n) is 3.73. The van der Waals surface area contributed by atoms with Crippen LogP contribution in [0, 0.1) is 0 Å². The van der Waals surface area contributed by atoms with Crippen LogP contribution in [0.1, 0.15) is 0 Å². The van der Waals surface area contributed by atoms with Crippen molar-refractivity contribution in [1.29, 1.82) is 0 Å². The van der Waals surface area contributed by atoms with Crippen LogP contribution in [-0.2, 0) is 0 Å². The SMILES string of the molecule is C=CCOc1ccc(Cl)c2cccnc12.Oc1ccc(Cl)c2cccnc12. The maximum Gasteiger partial charge on any atom is 0.146 e. The molecular formula is C21H16Cl2N2O2. The smallest absolute Gasteiger partial charge is 0.146 e. The first kappa shape index (κ1) is 19.0. The molecule has 6 heteroatoms. The molecule has 2 heterocycles. The number of hydrogen-bond acceptors (Lipinski definition) is 4. The number of halogens is 2. The third kappa shape index (κ3) is 4.30. The molecule has 4 aromatic rings. The van der Waals surface area contributed by atoms with Gasteiger partial charge in [0.25, 0.3) is 0 Å². The molecule has 0 saturated heterocycles. The summed E-state index contributed by atoms with van der Waals surface area (Å²) < 4.78 is 5.48. The molecule has 0 fully saturated rings. The molecule has 4 nitrogen and oxygen atoms in total. The zero-order chi connectivity index (χ0) is 19.2. The molecule has 2 aromatic carbocycles. The van der Waals surface area contributed by atoms with E-state index in [9.17, 15) is 5.11 Å². The van der Waals surface area contributed by atoms with E-state index in [2.05, 4.69) is 16.5 Å². The molecular weight excluding hydrogens is 383 g/mol. The maximum absolute atomic E-state index is 9.37. The van der Waals surface area contributed by atoms with Gasteiger partial charge in [-0.3, -0.25) is 9.97 Å². The van der Waals surface area contributed by atoms with Gasteiger partial charge in [-0.05, 0) is 48.5 Å². The van der Waals surface area contributed by atoms with Crippen molar-refractivity contribution in [2.75, 3.05) is 6.61 Å². The summed E-state index contributed by atoms with van der Waals surface area (Å²) in [6.07, 6.45) is 5.04. The molecule has 0 saturated carbocycles. The fourth-order valence-corrected chi connectivity index (χ4v) is 2.93. The highest BCUT2D eigenvalue weighted by Gasteiger charge is 2.05. The van der Waals surface area contributed by atoms with E-state index in [-0.39, 0.29) is 5.75 Å². The third-order valence-corrected chi connectivity index (χ3v) is 4.39. The number of aromatic nitrogens is 2. The fourth-order valence-electron chi connectivity index (χ4n) is 2.50. The van der Waals surface area contributed by atoms with Crippen molar-refractivity contribution in [1.82, 2.24) is 9.97 Å². The van der Waals surface area contributed by atoms with Gasteiger partial charge in [0.05, 0.1) is 10.0 Å². The van der Waals surface area contributed by atoms with Crippen LogP contribution in [0.25, 0.3) is 21.8 Å². The standard InChI is InChI=1S/C12H10ClNO.C9H6ClNO/c1-2-8-15-11-6-5-10(13)9-4-3-7-14-12(9)11;10-7-3-4-8(12)9-6(7)2-1-5-11-9/h2-7H,1,8H2;1-5,12H. The first-order valence-corrected chi connectivity index (χ1v) is 8.86. The monoisotopic (exact) mass is 398 g/mol. The van der Waals surface area contributed by atoms with Crippen molar-refractivity contribution in [3.63, 3.8) is 0 Å². The Morgan fingerprint density at radius 3 is 2.11 bits per heavy atom. The fraction of sp³-hybridized carbons (Fsp3) is 0.0476. The van der Waals surface area contributed by atoms with E-state index in [0.717, 1.165) is 22.0 Å². The van der Waals surface area contributed by atoms with Crippen LogP contribution in [0.15, 0.2) is 73.6 Å². The number of benzene rings is 2. The lowest BCUT2D eigenvalue weighted by Crippen LogP contribution is -1.94. The van der Waals surface area contributed by atoms with Gasteiger partial charge in [-0.25, -0.2) is 0 Å². The van der Waals surface area contributed by atoms with Gasteiger partial charge < -0.3 is 9.84 Å². The normalized spacial score (nSPS) is 10.3. The predicted octanol–water partition coefficient (Wildman–Crippen LogP) is 6.05. The zero-order valence-electron chi connectivity index (χ0n) is 14.3. The summed E-state index contributed by atoms with van der Waals surface area (Å²) >= 11 is 11.9. The predicted molar refractivity (Wildman–Crippen MR) is 111 cm³/mol. The number of ether oxygens (including phenoxy) is 1. The number of rotatable bonds is 3. The molecule has 0 unspecified atom stereocenters. The average molecular weight is 399 g/mol. The Bertz CT molecular complexity index is 1060. The van der Waals surface area contributed by atoms with E-state index in [1.807, 2.05) is 30.3 Å². The summed E-state index contributed by atoms with van der Waals surface area (Å²) in [5.74, 6) is 0.893. The minimum Gasteiger partial charge on any atom is -0.506 e. The van der Waals surface area contributed by atoms with Crippen LogP contribution in [0.2, 0.25) is 10.0 Å². The Morgan fingerprint density at radius 2 is 1.48 bits per heavy atom. The highest BCUT2D eigenvalue weighted by molar-refractivity contribution is 6.36. The minimum atomic E-state index is 0.162. The molecule has 0 bridgehead atoms. The van der Waals surface area contributed by atoms with Crippen LogP contribution in [0.3, 0.4) is 0 Å². The van der Waals surface area contributed by atoms with Gasteiger partial charge in [-0.15, -0.1) is 0 Å². The van der Waals surface area contributed by atoms with Crippen LogP contribution in [0.4, 0.5) is 0 Å². The first-order valence-electron chi connectivity index (χ1n) is 8.11. The van der Waals surface area contributed by atoms with Crippen molar-refractivity contribution in [3.05, 3.63) is 83.6 Å². The summed E-state index contributed by atoms with van der Waals surface area (Å²) in [4.78, 5) is 8.26. The van der Waals surface area contributed by atoms with Gasteiger partial charge in [0.2, 0.25) is 0 Å². The number of aromatic hydroxyl groups is 1. The second-order valence-electron chi connectivity index (χ2n) is 5.51. The maximum atomic E-state index is 9.37. The van der Waals surface area contributed by atoms with Gasteiger partial charge in [0.15, 0.2) is 0 Å². The van der Waals surface area contributed by atoms with Crippen LogP contribution in [0.5, 0.6) is 11.5 Å². The van der Waals surface area contributed by atoms with Gasteiger partial charge in [-0.2, -0.15) is 0 Å². The van der Waals surface area contributed by atoms with Crippen LogP contribution < -0.4 is 4.74 Å². The summed E-state index contributed by atoms with van der Waals surface area (Å²) in [5.41, 5.74) is 1.33. The molecule has 136 valence electrons. The highest BCUT2D eigenvalue weighted by Crippen LogP contribution is 2.29. The Balaban J connectivity index is 0.000000159. The van der Waals surface area contributed by atoms with E-state index in [4.69, 9.17) is 27.9 Å². The largest absolute Gasteiger partial charge is 0.506 e. The number of fused-ring (bicyclic) bond motifs is 2. The second-order valence-corrected chi connectivity index (χ2v) is 6.33. The Labute approximate surface area is 166 Å². The van der Waals surface area contributed by atoms with Crippen molar-refractivity contribution in [2.45, 2.75) is 0 Å². The zero-order valence-corrected chi connectivity index (χ0v) is 15.8. The number of hydrogen-bond donors (Lipinski definition) is 1. The Kier molecular flexibility index (Phi) is 6.12. The number of phenols is 1. The molecule has 0 spiro atoms. The molecule has 0 aliphatic rings. The quantitative estimate of drug-likeness (QED) is 0.427. The van der Waals surface area contributed by atoms with E-state index in [1.54, 1.807) is 30.6 Å². The summed E-state index contributed by atoms with van der Waals surface area (Å²) in [6, 6.07) is 14.2. The number of nitrogens with zero attached hydrogens (tertiary/aromatic N) is 2. The van der Waals surface area contributed by atoms with Gasteiger partial charge in [-0.1, -0.05) is 35.9 Å². The Hall–Kier alpha value is -2.82. The number of phenolic OH excluding ortho intramolecular Hbond substituents is 1. The molecule has 4 rings (SSSR count). The second kappa shape index (κ2) is 8.71. The first-order chi connectivity index (χ1) is 13.1. The molecule has 27 heavy (non-hydrogen) atoms. The Morgan fingerprint density at radius 1 is 0.889 bits per heavy atom. The topological polar surface area (TPSA) is 55.2 Å². The number of pyridine rings is 2. The van der Waals surface area contributed by atoms with Crippen molar-refractivity contribution in [2.24, 2.45) is 0 Å². The molecule has 0 atom stereocenters. The lowest BCUT2D eigenvalue weighted by atomic mass is 10.2. The van der Waals surface area contributed by atoms with Gasteiger partial charge in [0, 0.05) is 23.2 Å². The lowest BCUT2D eigenvalue weighted by molar-refractivity contribution is 0.367. The van der Waals surface area contributed by atoms with E-state index in [0.29, 0.717) is 22.2 Å². The van der Waals surface area contributed by atoms with Crippen molar-refractivity contribution < 1.29 is 9.84 Å². The van der Waals surface area contributed by atoms with Crippen LogP contribution in [-0.4, -0.2) is 21.7 Å². The van der Waals surface area contributed by atoms with Gasteiger partial charge in [0.1, 0.15) is 29.1 Å². The van der Waals surface area contributed by atoms with Crippen LogP contribution >= 0.6 is 23.2 Å². The summed E-state index contributed by atoms with van der Waals surface area (Å²) in [6.45, 7) is 4.07. The highest BCUT2D eigenvalue weighted by atomic mass is 35.5. The molecule has 0 aliphatic heterocycles. The van der Waals surface area contributed by atoms with Crippen molar-refractivity contribution >= 4 is 45.0 Å². The minimum absolute atomic E-state index is 0.162. The summed E-state index contributed by atoms with van der Waals surface area (Å²) in [5, 5.41) is 12.3. The molecule has 0 radical (unpaired) electrons. The van der Waals surface area contributed by atoms with Crippen molar-refractivity contribution in [3.8, 4) is 11.5 Å². The van der Waals surface area contributed by atoms with E-state index < -0.39 is 0 Å². The average Bonchev–Trinajstić information content (AvgIpc) is 2.71. The molecule has 1 N–H and O–H groups in total. The molecule has 0 amide bonds. The molecule has 2 aromatic heterocycles.